The fourth-order valence-corrected chi connectivity index (χ4v) is 1.22. The van der Waals surface area contributed by atoms with Gasteiger partial charge in [-0.1, -0.05) is 12.1 Å². The summed E-state index contributed by atoms with van der Waals surface area (Å²) < 4.78 is 79.1. The van der Waals surface area contributed by atoms with Gasteiger partial charge in [-0.05, 0) is 17.7 Å². The van der Waals surface area contributed by atoms with E-state index < -0.39 is 29.8 Å². The lowest BCUT2D eigenvalue weighted by Gasteiger charge is -2.23. The second-order valence-electron chi connectivity index (χ2n) is 3.65. The molecule has 19 heavy (non-hydrogen) atoms. The zero-order valence-corrected chi connectivity index (χ0v) is 9.47. The minimum atomic E-state index is -5.99. The number of hydrogen-bond acceptors (Lipinski definition) is 2. The van der Waals surface area contributed by atoms with Crippen molar-refractivity contribution in [2.24, 2.45) is 0 Å². The van der Waals surface area contributed by atoms with E-state index in [1.807, 2.05) is 0 Å². The number of carbonyl (C=O) groups excluding carboxylic acids is 1. The molecule has 2 nitrogen and oxygen atoms in total. The van der Waals surface area contributed by atoms with Crippen molar-refractivity contribution in [1.29, 1.82) is 0 Å². The summed E-state index contributed by atoms with van der Waals surface area (Å²) in [5.41, 5.74) is -0.863. The Hall–Kier alpha value is -1.73. The van der Waals surface area contributed by atoms with E-state index in [0.29, 0.717) is 12.1 Å². The average Bonchev–Trinajstić information content (AvgIpc) is 2.26. The van der Waals surface area contributed by atoms with Gasteiger partial charge in [-0.2, -0.15) is 22.0 Å². The van der Waals surface area contributed by atoms with Crippen molar-refractivity contribution in [2.75, 3.05) is 0 Å². The molecule has 0 saturated heterocycles. The van der Waals surface area contributed by atoms with Crippen molar-refractivity contribution in [3.8, 4) is 5.75 Å². The fraction of sp³-hybridized carbons (Fsp3) is 0.364. The van der Waals surface area contributed by atoms with Gasteiger partial charge in [0.1, 0.15) is 5.75 Å². The molecule has 0 N–H and O–H groups in total. The Morgan fingerprint density at radius 1 is 1.11 bits per heavy atom. The third-order valence-corrected chi connectivity index (χ3v) is 2.13. The zero-order chi connectivity index (χ0) is 14.8. The summed E-state index contributed by atoms with van der Waals surface area (Å²) in [7, 11) is 0. The first-order valence-corrected chi connectivity index (χ1v) is 4.92. The van der Waals surface area contributed by atoms with Crippen LogP contribution in [0.15, 0.2) is 24.3 Å². The largest absolute Gasteiger partial charge is 0.456 e. The standard InChI is InChI=1S/C11H8F6O2/c1-6(18)19-8-4-2-7(3-5-8)9(12)10(13,14)11(15,16)17/h2-5,9H,1H3. The summed E-state index contributed by atoms with van der Waals surface area (Å²) in [6.07, 6.45) is -9.51. The van der Waals surface area contributed by atoms with Gasteiger partial charge in [0.2, 0.25) is 0 Å². The van der Waals surface area contributed by atoms with Crippen LogP contribution in [-0.2, 0) is 4.79 Å². The van der Waals surface area contributed by atoms with Crippen molar-refractivity contribution in [1.82, 2.24) is 0 Å². The van der Waals surface area contributed by atoms with E-state index in [0.717, 1.165) is 19.1 Å². The SMILES string of the molecule is CC(=O)Oc1ccc(C(F)C(F)(F)C(F)(F)F)cc1. The Bertz CT molecular complexity index is 451. The Morgan fingerprint density at radius 3 is 1.95 bits per heavy atom. The van der Waals surface area contributed by atoms with Gasteiger partial charge < -0.3 is 4.74 Å². The molecule has 0 amide bonds. The highest BCUT2D eigenvalue weighted by Crippen LogP contribution is 2.46. The van der Waals surface area contributed by atoms with Crippen LogP contribution in [0.4, 0.5) is 26.3 Å². The van der Waals surface area contributed by atoms with Crippen LogP contribution < -0.4 is 4.74 Å². The van der Waals surface area contributed by atoms with Gasteiger partial charge in [0.05, 0.1) is 0 Å². The minimum Gasteiger partial charge on any atom is -0.427 e. The number of halogens is 6. The van der Waals surface area contributed by atoms with Gasteiger partial charge in [-0.15, -0.1) is 0 Å². The maximum atomic E-state index is 13.2. The molecule has 0 aliphatic carbocycles. The van der Waals surface area contributed by atoms with E-state index >= 15 is 0 Å². The molecule has 0 aromatic heterocycles. The fourth-order valence-electron chi connectivity index (χ4n) is 1.22. The highest BCUT2D eigenvalue weighted by molar-refractivity contribution is 5.69. The van der Waals surface area contributed by atoms with Crippen LogP contribution >= 0.6 is 0 Å². The van der Waals surface area contributed by atoms with E-state index in [2.05, 4.69) is 4.74 Å². The molecule has 0 aliphatic heterocycles. The normalized spacial score (nSPS) is 14.1. The van der Waals surface area contributed by atoms with Crippen molar-refractivity contribution in [2.45, 2.75) is 25.2 Å². The molecular weight excluding hydrogens is 278 g/mol. The highest BCUT2D eigenvalue weighted by atomic mass is 19.4. The maximum Gasteiger partial charge on any atom is 0.456 e. The van der Waals surface area contributed by atoms with Crippen LogP contribution in [-0.4, -0.2) is 18.1 Å². The van der Waals surface area contributed by atoms with Crippen LogP contribution in [0.2, 0.25) is 0 Å². The second kappa shape index (κ2) is 5.10. The molecule has 0 heterocycles. The lowest BCUT2D eigenvalue weighted by Crippen LogP contribution is -2.40. The summed E-state index contributed by atoms with van der Waals surface area (Å²) in [6.45, 7) is 1.07. The van der Waals surface area contributed by atoms with Gasteiger partial charge >= 0.3 is 18.1 Å². The summed E-state index contributed by atoms with van der Waals surface area (Å²) >= 11 is 0. The summed E-state index contributed by atoms with van der Waals surface area (Å²) in [5, 5.41) is 0. The van der Waals surface area contributed by atoms with Crippen LogP contribution in [0, 0.1) is 0 Å². The predicted molar refractivity (Wildman–Crippen MR) is 52.6 cm³/mol. The number of rotatable bonds is 3. The van der Waals surface area contributed by atoms with Crippen molar-refractivity contribution in [3.63, 3.8) is 0 Å². The van der Waals surface area contributed by atoms with Gasteiger partial charge in [-0.25, -0.2) is 4.39 Å². The zero-order valence-electron chi connectivity index (χ0n) is 9.47. The van der Waals surface area contributed by atoms with Gasteiger partial charge in [0.15, 0.2) is 6.17 Å². The molecule has 1 unspecified atom stereocenters. The van der Waals surface area contributed by atoms with Gasteiger partial charge in [0.25, 0.3) is 0 Å². The molecular formula is C11H8F6O2. The second-order valence-corrected chi connectivity index (χ2v) is 3.65. The van der Waals surface area contributed by atoms with E-state index in [-0.39, 0.29) is 5.75 Å². The maximum absolute atomic E-state index is 13.2. The minimum absolute atomic E-state index is 0.0845. The third kappa shape index (κ3) is 3.39. The molecule has 0 radical (unpaired) electrons. The number of alkyl halides is 6. The average molecular weight is 286 g/mol. The van der Waals surface area contributed by atoms with E-state index in [1.165, 1.54) is 0 Å². The molecule has 0 spiro atoms. The number of carbonyl (C=O) groups is 1. The number of benzene rings is 1. The number of esters is 1. The van der Waals surface area contributed by atoms with Crippen LogP contribution in [0.5, 0.6) is 5.75 Å². The molecule has 1 rings (SSSR count). The molecule has 1 aromatic rings. The lowest BCUT2D eigenvalue weighted by molar-refractivity contribution is -0.305. The quantitative estimate of drug-likeness (QED) is 0.479. The Morgan fingerprint density at radius 2 is 1.58 bits per heavy atom. The Balaban J connectivity index is 2.95. The molecule has 8 heteroatoms. The molecule has 1 atom stereocenters. The third-order valence-electron chi connectivity index (χ3n) is 2.13. The first-order chi connectivity index (χ1) is 8.55. The monoisotopic (exact) mass is 286 g/mol. The Kier molecular flexibility index (Phi) is 4.12. The summed E-state index contributed by atoms with van der Waals surface area (Å²) in [4.78, 5) is 10.6. The number of ether oxygens (including phenoxy) is 1. The van der Waals surface area contributed by atoms with Crippen molar-refractivity contribution < 1.29 is 35.9 Å². The van der Waals surface area contributed by atoms with Crippen molar-refractivity contribution in [3.05, 3.63) is 29.8 Å². The van der Waals surface area contributed by atoms with Gasteiger partial charge in [-0.3, -0.25) is 4.79 Å². The molecule has 0 aliphatic rings. The summed E-state index contributed by atoms with van der Waals surface area (Å²) in [5.74, 6) is -6.28. The first kappa shape index (κ1) is 15.3. The molecule has 0 saturated carbocycles. The predicted octanol–water partition coefficient (Wildman–Crippen LogP) is 3.82. The van der Waals surface area contributed by atoms with Crippen LogP contribution in [0.25, 0.3) is 0 Å². The topological polar surface area (TPSA) is 26.3 Å². The molecule has 0 fully saturated rings. The molecule has 1 aromatic carbocycles. The smallest absolute Gasteiger partial charge is 0.427 e. The van der Waals surface area contributed by atoms with Crippen LogP contribution in [0.3, 0.4) is 0 Å². The van der Waals surface area contributed by atoms with E-state index in [4.69, 9.17) is 0 Å². The summed E-state index contributed by atoms with van der Waals surface area (Å²) in [6, 6.07) is 3.25. The van der Waals surface area contributed by atoms with Gasteiger partial charge in [0, 0.05) is 6.92 Å². The molecule has 0 bridgehead atoms. The Labute approximate surface area is 104 Å². The lowest BCUT2D eigenvalue weighted by atomic mass is 10.0. The van der Waals surface area contributed by atoms with E-state index in [9.17, 15) is 31.1 Å². The first-order valence-electron chi connectivity index (χ1n) is 4.92. The van der Waals surface area contributed by atoms with Crippen molar-refractivity contribution >= 4 is 5.97 Å². The highest BCUT2D eigenvalue weighted by Gasteiger charge is 2.63. The van der Waals surface area contributed by atoms with Crippen LogP contribution in [0.1, 0.15) is 18.7 Å². The number of hydrogen-bond donors (Lipinski definition) is 0. The van der Waals surface area contributed by atoms with E-state index in [1.54, 1.807) is 0 Å². The molecule has 106 valence electrons.